The van der Waals surface area contributed by atoms with Crippen molar-refractivity contribution in [2.75, 3.05) is 13.1 Å². The monoisotopic (exact) mass is 426 g/mol. The third kappa shape index (κ3) is 4.08. The van der Waals surface area contributed by atoms with Gasteiger partial charge in [-0.1, -0.05) is 34.3 Å². The van der Waals surface area contributed by atoms with Crippen LogP contribution in [0.15, 0.2) is 12.3 Å². The highest BCUT2D eigenvalue weighted by Crippen LogP contribution is 2.52. The number of allylic oxidation sites excluding steroid dienone is 1. The van der Waals surface area contributed by atoms with Gasteiger partial charge in [0.25, 0.3) is 0 Å². The van der Waals surface area contributed by atoms with Crippen LogP contribution in [-0.2, 0) is 4.79 Å². The zero-order chi connectivity index (χ0) is 22.0. The molecule has 0 aromatic heterocycles. The van der Waals surface area contributed by atoms with Crippen molar-refractivity contribution in [1.29, 1.82) is 0 Å². The summed E-state index contributed by atoms with van der Waals surface area (Å²) in [5, 5.41) is 0. The Labute approximate surface area is 191 Å². The lowest BCUT2D eigenvalue weighted by atomic mass is 9.63. The van der Waals surface area contributed by atoms with Gasteiger partial charge in [0.1, 0.15) is 0 Å². The standard InChI is InChI=1S/C15H25N.C13H21NO/c1-11-5-4-6-12-9-15(2,3)10-13-7-8-16(11)14(12)13;1-13(2)7-9-3-4-11(15)14-6-5-10(8-13)12(9)14/h12-14H,1,4-10H2,2-3H3;9-10,12H,3-8H2,1-2H3/t12-,13+,14-;9-,10+,12-/m11/s1. The van der Waals surface area contributed by atoms with Gasteiger partial charge in [0.2, 0.25) is 5.91 Å². The van der Waals surface area contributed by atoms with Gasteiger partial charge >= 0.3 is 0 Å². The fourth-order valence-corrected chi connectivity index (χ4v) is 9.10. The zero-order valence-electron chi connectivity index (χ0n) is 20.7. The van der Waals surface area contributed by atoms with E-state index in [-0.39, 0.29) is 0 Å². The Balaban J connectivity index is 0.000000132. The van der Waals surface area contributed by atoms with E-state index in [0.29, 0.717) is 22.8 Å². The molecule has 4 heterocycles. The molecular formula is C28H46N2O. The first-order valence-corrected chi connectivity index (χ1v) is 13.4. The fourth-order valence-electron chi connectivity index (χ4n) is 9.10. The summed E-state index contributed by atoms with van der Waals surface area (Å²) in [6.07, 6.45) is 14.3. The Morgan fingerprint density at radius 1 is 0.710 bits per heavy atom. The molecule has 174 valence electrons. The molecule has 4 aliphatic heterocycles. The van der Waals surface area contributed by atoms with Crippen LogP contribution < -0.4 is 0 Å². The lowest BCUT2D eigenvalue weighted by Crippen LogP contribution is -2.51. The van der Waals surface area contributed by atoms with Crippen molar-refractivity contribution in [2.24, 2.45) is 34.5 Å². The van der Waals surface area contributed by atoms with E-state index in [1.165, 1.54) is 70.0 Å². The van der Waals surface area contributed by atoms with E-state index in [2.05, 4.69) is 44.1 Å². The highest BCUT2D eigenvalue weighted by molar-refractivity contribution is 5.77. The zero-order valence-corrected chi connectivity index (χ0v) is 20.7. The minimum absolute atomic E-state index is 0.429. The number of nitrogens with zero attached hydrogens (tertiary/aromatic N) is 2. The molecule has 1 amide bonds. The molecule has 0 aromatic carbocycles. The molecule has 0 spiro atoms. The van der Waals surface area contributed by atoms with Crippen molar-refractivity contribution in [3.8, 4) is 0 Å². The molecule has 0 N–H and O–H groups in total. The minimum atomic E-state index is 0.429. The molecule has 6 fully saturated rings. The van der Waals surface area contributed by atoms with E-state index in [9.17, 15) is 4.79 Å². The van der Waals surface area contributed by atoms with E-state index in [1.54, 1.807) is 0 Å². The number of hydrogen-bond donors (Lipinski definition) is 0. The second kappa shape index (κ2) is 7.80. The van der Waals surface area contributed by atoms with Gasteiger partial charge in [0.15, 0.2) is 0 Å². The van der Waals surface area contributed by atoms with Crippen LogP contribution in [0.3, 0.4) is 0 Å². The lowest BCUT2D eigenvalue weighted by molar-refractivity contribution is -0.139. The molecule has 6 atom stereocenters. The third-order valence-corrected chi connectivity index (χ3v) is 9.89. The predicted molar refractivity (Wildman–Crippen MR) is 127 cm³/mol. The molecule has 4 saturated heterocycles. The fraction of sp³-hybridized carbons (Fsp3) is 0.893. The number of carbonyl (C=O) groups excluding carboxylic acids is 1. The average Bonchev–Trinajstić information content (AvgIpc) is 3.24. The number of hydrogen-bond acceptors (Lipinski definition) is 2. The van der Waals surface area contributed by atoms with Gasteiger partial charge in [-0.25, -0.2) is 0 Å². The molecule has 0 unspecified atom stereocenters. The van der Waals surface area contributed by atoms with Gasteiger partial charge < -0.3 is 9.80 Å². The molecule has 6 rings (SSSR count). The van der Waals surface area contributed by atoms with Crippen molar-refractivity contribution in [1.82, 2.24) is 9.80 Å². The molecule has 0 bridgehead atoms. The van der Waals surface area contributed by atoms with E-state index >= 15 is 0 Å². The second-order valence-electron chi connectivity index (χ2n) is 13.5. The number of carbonyl (C=O) groups is 1. The maximum absolute atomic E-state index is 11.8. The van der Waals surface area contributed by atoms with Crippen molar-refractivity contribution >= 4 is 5.91 Å². The van der Waals surface area contributed by atoms with Crippen LogP contribution in [-0.4, -0.2) is 40.9 Å². The van der Waals surface area contributed by atoms with Crippen molar-refractivity contribution in [3.63, 3.8) is 0 Å². The van der Waals surface area contributed by atoms with Crippen LogP contribution >= 0.6 is 0 Å². The smallest absolute Gasteiger partial charge is 0.222 e. The Bertz CT molecular complexity index is 725. The number of piperidine rings is 1. The number of rotatable bonds is 0. The van der Waals surface area contributed by atoms with Gasteiger partial charge in [-0.2, -0.15) is 0 Å². The van der Waals surface area contributed by atoms with Crippen LogP contribution in [0.5, 0.6) is 0 Å². The van der Waals surface area contributed by atoms with Crippen LogP contribution in [0, 0.1) is 34.5 Å². The third-order valence-electron chi connectivity index (χ3n) is 9.89. The summed E-state index contributed by atoms with van der Waals surface area (Å²) in [7, 11) is 0. The maximum atomic E-state index is 11.8. The Morgan fingerprint density at radius 3 is 1.81 bits per heavy atom. The average molecular weight is 427 g/mol. The molecule has 3 heteroatoms. The van der Waals surface area contributed by atoms with E-state index < -0.39 is 0 Å². The second-order valence-corrected chi connectivity index (χ2v) is 13.5. The first-order valence-electron chi connectivity index (χ1n) is 13.4. The Kier molecular flexibility index (Phi) is 5.50. The summed E-state index contributed by atoms with van der Waals surface area (Å²) in [5.41, 5.74) is 2.55. The van der Waals surface area contributed by atoms with Crippen LogP contribution in [0.1, 0.15) is 98.3 Å². The van der Waals surface area contributed by atoms with Crippen LogP contribution in [0.2, 0.25) is 0 Å². The summed E-state index contributed by atoms with van der Waals surface area (Å²) in [5.74, 6) is 3.96. The topological polar surface area (TPSA) is 23.6 Å². The summed E-state index contributed by atoms with van der Waals surface area (Å²) in [4.78, 5) is 16.7. The Hall–Kier alpha value is -0.990. The van der Waals surface area contributed by atoms with Crippen LogP contribution in [0.4, 0.5) is 0 Å². The number of amides is 1. The van der Waals surface area contributed by atoms with Gasteiger partial charge in [-0.05, 0) is 98.7 Å². The molecule has 3 nitrogen and oxygen atoms in total. The van der Waals surface area contributed by atoms with Crippen molar-refractivity contribution < 1.29 is 4.79 Å². The summed E-state index contributed by atoms with van der Waals surface area (Å²) < 4.78 is 0. The molecule has 2 aliphatic carbocycles. The molecule has 2 saturated carbocycles. The summed E-state index contributed by atoms with van der Waals surface area (Å²) in [6, 6.07) is 1.49. The van der Waals surface area contributed by atoms with Gasteiger partial charge in [-0.15, -0.1) is 0 Å². The molecule has 31 heavy (non-hydrogen) atoms. The van der Waals surface area contributed by atoms with Gasteiger partial charge in [0, 0.05) is 37.3 Å². The van der Waals surface area contributed by atoms with E-state index in [1.807, 2.05) is 0 Å². The highest BCUT2D eigenvalue weighted by atomic mass is 16.2. The van der Waals surface area contributed by atoms with Crippen molar-refractivity contribution in [3.05, 3.63) is 12.3 Å². The largest absolute Gasteiger partial charge is 0.372 e. The molecule has 0 aromatic rings. The maximum Gasteiger partial charge on any atom is 0.222 e. The first-order chi connectivity index (χ1) is 14.6. The van der Waals surface area contributed by atoms with Gasteiger partial charge in [0.05, 0.1) is 0 Å². The lowest BCUT2D eigenvalue weighted by Gasteiger charge is -2.48. The summed E-state index contributed by atoms with van der Waals surface area (Å²) >= 11 is 0. The quantitative estimate of drug-likeness (QED) is 0.457. The normalized spacial score (nSPS) is 42.3. The predicted octanol–water partition coefficient (Wildman–Crippen LogP) is 6.24. The summed E-state index contributed by atoms with van der Waals surface area (Å²) in [6.45, 7) is 16.4. The molecule has 6 aliphatic rings. The van der Waals surface area contributed by atoms with Crippen LogP contribution in [0.25, 0.3) is 0 Å². The highest BCUT2D eigenvalue weighted by Gasteiger charge is 2.50. The van der Waals surface area contributed by atoms with E-state index in [4.69, 9.17) is 0 Å². The van der Waals surface area contributed by atoms with Gasteiger partial charge in [-0.3, -0.25) is 4.79 Å². The first kappa shape index (κ1) is 21.8. The van der Waals surface area contributed by atoms with Crippen molar-refractivity contribution in [2.45, 2.75) is 110 Å². The molecule has 0 radical (unpaired) electrons. The molecular weight excluding hydrogens is 380 g/mol. The minimum Gasteiger partial charge on any atom is -0.372 e. The Morgan fingerprint density at radius 2 is 1.19 bits per heavy atom. The van der Waals surface area contributed by atoms with E-state index in [0.717, 1.165) is 49.1 Å². The SMILES string of the molecule is C=C1CCC[C@@H]2CC(C)(C)C[C@@H]3CCN1[C@H]23.CC1(C)C[C@H]2CCC(=O)N3CC[C@@H](C1)[C@@H]23.